The molecule has 0 aliphatic rings. The zero-order valence-electron chi connectivity index (χ0n) is 15.5. The van der Waals surface area contributed by atoms with E-state index in [0.29, 0.717) is 38.0 Å². The Labute approximate surface area is 181 Å². The Hall–Kier alpha value is -3.35. The third-order valence-corrected chi connectivity index (χ3v) is 4.95. The number of halogens is 2. The molecular weight excluding hydrogens is 425 g/mol. The maximum atomic E-state index is 12.5. The van der Waals surface area contributed by atoms with Gasteiger partial charge in [-0.1, -0.05) is 58.7 Å². The monoisotopic (exact) mass is 439 g/mol. The summed E-state index contributed by atoms with van der Waals surface area (Å²) in [5.74, 6) is -0.249. The fourth-order valence-electron chi connectivity index (χ4n) is 2.93. The fourth-order valence-corrected chi connectivity index (χ4v) is 3.27. The van der Waals surface area contributed by atoms with Gasteiger partial charge in [0, 0.05) is 16.1 Å². The van der Waals surface area contributed by atoms with Gasteiger partial charge in [-0.2, -0.15) is 0 Å². The first-order valence-corrected chi connectivity index (χ1v) is 9.75. The van der Waals surface area contributed by atoms with Gasteiger partial charge < -0.3 is 15.2 Å². The Balaban J connectivity index is 1.47. The van der Waals surface area contributed by atoms with Gasteiger partial charge in [0.05, 0.1) is 22.6 Å². The molecule has 2 N–H and O–H groups in total. The molecule has 0 spiro atoms. The summed E-state index contributed by atoms with van der Waals surface area (Å²) in [5, 5.41) is 10.8. The van der Waals surface area contributed by atoms with E-state index in [9.17, 15) is 9.59 Å². The number of hydrogen-bond acceptors (Lipinski definition) is 4. The highest BCUT2D eigenvalue weighted by Crippen LogP contribution is 2.29. The highest BCUT2D eigenvalue weighted by Gasteiger charge is 2.15. The molecule has 0 aliphatic carbocycles. The number of hydrogen-bond donors (Lipinski definition) is 2. The van der Waals surface area contributed by atoms with Crippen molar-refractivity contribution in [3.63, 3.8) is 0 Å². The summed E-state index contributed by atoms with van der Waals surface area (Å²) >= 11 is 11.9. The van der Waals surface area contributed by atoms with Crippen molar-refractivity contribution < 1.29 is 14.1 Å². The first kappa shape index (κ1) is 19.9. The van der Waals surface area contributed by atoms with Gasteiger partial charge >= 0.3 is 0 Å². The van der Waals surface area contributed by atoms with Crippen molar-refractivity contribution in [3.05, 3.63) is 82.3 Å². The molecule has 1 heterocycles. The van der Waals surface area contributed by atoms with E-state index in [2.05, 4.69) is 15.8 Å². The smallest absolute Gasteiger partial charge is 0.251 e. The van der Waals surface area contributed by atoms with Crippen LogP contribution in [0, 0.1) is 0 Å². The van der Waals surface area contributed by atoms with Crippen molar-refractivity contribution in [3.8, 4) is 11.3 Å². The van der Waals surface area contributed by atoms with Crippen LogP contribution in [0.25, 0.3) is 22.2 Å². The van der Waals surface area contributed by atoms with Gasteiger partial charge in [0.25, 0.3) is 5.91 Å². The van der Waals surface area contributed by atoms with Gasteiger partial charge in [0.15, 0.2) is 5.76 Å². The molecule has 0 atom stereocenters. The first-order valence-electron chi connectivity index (χ1n) is 8.99. The summed E-state index contributed by atoms with van der Waals surface area (Å²) in [6.07, 6.45) is 0. The van der Waals surface area contributed by atoms with Gasteiger partial charge in [-0.25, -0.2) is 0 Å². The van der Waals surface area contributed by atoms with E-state index in [-0.39, 0.29) is 6.54 Å². The van der Waals surface area contributed by atoms with Crippen LogP contribution in [0.4, 0.5) is 5.69 Å². The average molecular weight is 440 g/mol. The largest absolute Gasteiger partial charge is 0.355 e. The molecular formula is C22H15Cl2N3O3. The van der Waals surface area contributed by atoms with Crippen molar-refractivity contribution >= 4 is 51.6 Å². The Kier molecular flexibility index (Phi) is 5.70. The van der Waals surface area contributed by atoms with Crippen molar-refractivity contribution in [2.24, 2.45) is 0 Å². The number of nitrogens with zero attached hydrogens (tertiary/aromatic N) is 1. The molecule has 3 aromatic carbocycles. The lowest BCUT2D eigenvalue weighted by molar-refractivity contribution is -0.115. The molecule has 0 unspecified atom stereocenters. The molecule has 0 aliphatic heterocycles. The summed E-state index contributed by atoms with van der Waals surface area (Å²) in [6, 6.07) is 19.2. The van der Waals surface area contributed by atoms with Crippen LogP contribution in [0.1, 0.15) is 10.4 Å². The molecule has 0 fully saturated rings. The van der Waals surface area contributed by atoms with Crippen molar-refractivity contribution in [2.75, 3.05) is 11.9 Å². The molecule has 150 valence electrons. The van der Waals surface area contributed by atoms with E-state index in [1.165, 1.54) is 6.07 Å². The number of anilines is 1. The van der Waals surface area contributed by atoms with Gasteiger partial charge in [0.1, 0.15) is 5.52 Å². The Bertz CT molecular complexity index is 1240. The van der Waals surface area contributed by atoms with Crippen LogP contribution >= 0.6 is 23.2 Å². The molecule has 0 saturated heterocycles. The third-order valence-electron chi connectivity index (χ3n) is 4.39. The van der Waals surface area contributed by atoms with Crippen molar-refractivity contribution in [2.45, 2.75) is 0 Å². The minimum atomic E-state index is -0.427. The van der Waals surface area contributed by atoms with Crippen molar-refractivity contribution in [1.82, 2.24) is 10.5 Å². The Morgan fingerprint density at radius 3 is 2.57 bits per heavy atom. The second-order valence-electron chi connectivity index (χ2n) is 6.46. The van der Waals surface area contributed by atoms with E-state index < -0.39 is 11.8 Å². The number of aromatic nitrogens is 1. The summed E-state index contributed by atoms with van der Waals surface area (Å²) < 4.78 is 5.45. The number of carbonyl (C=O) groups excluding carboxylic acids is 2. The SMILES string of the molecule is O=C(CNC(=O)c1ccc2noc(-c3ccccc3)c2c1)Nc1cc(Cl)ccc1Cl. The lowest BCUT2D eigenvalue weighted by Gasteiger charge is -2.09. The molecule has 1 aromatic heterocycles. The van der Waals surface area contributed by atoms with Crippen LogP contribution in [0.3, 0.4) is 0 Å². The zero-order valence-corrected chi connectivity index (χ0v) is 17.0. The van der Waals surface area contributed by atoms with Crippen LogP contribution < -0.4 is 10.6 Å². The quantitative estimate of drug-likeness (QED) is 0.449. The second kappa shape index (κ2) is 8.57. The number of fused-ring (bicyclic) bond motifs is 1. The minimum absolute atomic E-state index is 0.227. The van der Waals surface area contributed by atoms with E-state index in [1.807, 2.05) is 30.3 Å². The number of benzene rings is 3. The standard InChI is InChI=1S/C22H15Cl2N3O3/c23-15-7-8-17(24)19(11-15)26-20(28)12-25-22(29)14-6-9-18-16(10-14)21(30-27-18)13-4-2-1-3-5-13/h1-11H,12H2,(H,25,29)(H,26,28). The second-order valence-corrected chi connectivity index (χ2v) is 7.31. The van der Waals surface area contributed by atoms with Gasteiger partial charge in [-0.05, 0) is 36.4 Å². The summed E-state index contributed by atoms with van der Waals surface area (Å²) in [6.45, 7) is -0.227. The highest BCUT2D eigenvalue weighted by atomic mass is 35.5. The van der Waals surface area contributed by atoms with Crippen LogP contribution in [0.15, 0.2) is 71.3 Å². The Morgan fingerprint density at radius 2 is 1.77 bits per heavy atom. The summed E-state index contributed by atoms with van der Waals surface area (Å²) in [7, 11) is 0. The van der Waals surface area contributed by atoms with E-state index >= 15 is 0 Å². The molecule has 4 aromatic rings. The molecule has 8 heteroatoms. The maximum absolute atomic E-state index is 12.5. The van der Waals surface area contributed by atoms with E-state index in [4.69, 9.17) is 27.7 Å². The van der Waals surface area contributed by atoms with Crippen LogP contribution in [-0.4, -0.2) is 23.5 Å². The number of amides is 2. The van der Waals surface area contributed by atoms with Crippen LogP contribution in [0.2, 0.25) is 10.0 Å². The molecule has 0 bridgehead atoms. The summed E-state index contributed by atoms with van der Waals surface area (Å²) in [4.78, 5) is 24.7. The number of nitrogens with one attached hydrogen (secondary N) is 2. The molecule has 2 amide bonds. The van der Waals surface area contributed by atoms with Crippen molar-refractivity contribution in [1.29, 1.82) is 0 Å². The molecule has 30 heavy (non-hydrogen) atoms. The van der Waals surface area contributed by atoms with E-state index in [1.54, 1.807) is 30.3 Å². The maximum Gasteiger partial charge on any atom is 0.251 e. The topological polar surface area (TPSA) is 84.2 Å². The van der Waals surface area contributed by atoms with Gasteiger partial charge in [-0.15, -0.1) is 0 Å². The molecule has 0 saturated carbocycles. The van der Waals surface area contributed by atoms with Crippen LogP contribution in [-0.2, 0) is 4.79 Å². The lowest BCUT2D eigenvalue weighted by atomic mass is 10.1. The first-order chi connectivity index (χ1) is 14.5. The fraction of sp³-hybridized carbons (Fsp3) is 0.0455. The highest BCUT2D eigenvalue weighted by molar-refractivity contribution is 6.35. The summed E-state index contributed by atoms with van der Waals surface area (Å²) in [5.41, 5.74) is 2.26. The predicted octanol–water partition coefficient (Wildman–Crippen LogP) is 5.17. The normalized spacial score (nSPS) is 10.7. The molecule has 4 rings (SSSR count). The third kappa shape index (κ3) is 4.30. The van der Waals surface area contributed by atoms with Gasteiger partial charge in [-0.3, -0.25) is 9.59 Å². The number of carbonyl (C=O) groups is 2. The Morgan fingerprint density at radius 1 is 0.967 bits per heavy atom. The lowest BCUT2D eigenvalue weighted by Crippen LogP contribution is -2.32. The molecule has 6 nitrogen and oxygen atoms in total. The van der Waals surface area contributed by atoms with Gasteiger partial charge in [0.2, 0.25) is 5.91 Å². The predicted molar refractivity (Wildman–Crippen MR) is 117 cm³/mol. The number of rotatable bonds is 5. The minimum Gasteiger partial charge on any atom is -0.355 e. The van der Waals surface area contributed by atoms with Crippen LogP contribution in [0.5, 0.6) is 0 Å². The average Bonchev–Trinajstić information content (AvgIpc) is 3.18. The molecule has 0 radical (unpaired) electrons. The van der Waals surface area contributed by atoms with E-state index in [0.717, 1.165) is 5.56 Å². The zero-order chi connectivity index (χ0) is 21.1.